The Kier molecular flexibility index (Phi) is 3.35. The number of halogens is 1. The number of rotatable bonds is 1. The summed E-state index contributed by atoms with van der Waals surface area (Å²) in [4.78, 5) is 0. The lowest BCUT2D eigenvalue weighted by molar-refractivity contribution is 0.477. The van der Waals surface area contributed by atoms with Gasteiger partial charge in [-0.1, -0.05) is 48.9 Å². The van der Waals surface area contributed by atoms with Gasteiger partial charge in [0.2, 0.25) is 0 Å². The molecule has 2 aromatic carbocycles. The van der Waals surface area contributed by atoms with Crippen LogP contribution in [0.1, 0.15) is 36.0 Å². The van der Waals surface area contributed by atoms with E-state index in [2.05, 4.69) is 43.3 Å². The fraction of sp³-hybridized carbons (Fsp3) is 0.217. The molecule has 4 aromatic rings. The van der Waals surface area contributed by atoms with E-state index in [0.29, 0.717) is 5.02 Å². The molecule has 2 nitrogen and oxygen atoms in total. The van der Waals surface area contributed by atoms with E-state index in [1.165, 1.54) is 11.1 Å². The summed E-state index contributed by atoms with van der Waals surface area (Å²) in [5, 5.41) is 1.74. The number of hydrogen-bond acceptors (Lipinski definition) is 2. The maximum atomic E-state index is 6.27. The minimum atomic E-state index is -0.124. The molecule has 0 N–H and O–H groups in total. The van der Waals surface area contributed by atoms with Gasteiger partial charge in [-0.3, -0.25) is 0 Å². The van der Waals surface area contributed by atoms with E-state index in [1.54, 1.807) is 0 Å². The molecule has 0 amide bonds. The van der Waals surface area contributed by atoms with Crippen molar-refractivity contribution in [3.8, 4) is 11.3 Å². The molecule has 130 valence electrons. The second kappa shape index (κ2) is 5.52. The zero-order valence-electron chi connectivity index (χ0n) is 14.8. The molecular weight excluding hydrogens is 344 g/mol. The molecule has 0 fully saturated rings. The Labute approximate surface area is 157 Å². The van der Waals surface area contributed by atoms with Crippen molar-refractivity contribution < 1.29 is 8.83 Å². The van der Waals surface area contributed by atoms with Gasteiger partial charge in [0.25, 0.3) is 0 Å². The molecule has 0 radical (unpaired) electrons. The van der Waals surface area contributed by atoms with Gasteiger partial charge in [0, 0.05) is 27.8 Å². The van der Waals surface area contributed by atoms with Crippen molar-refractivity contribution in [3.63, 3.8) is 0 Å². The zero-order chi connectivity index (χ0) is 17.9. The number of fused-ring (bicyclic) bond motifs is 5. The number of benzene rings is 2. The van der Waals surface area contributed by atoms with Crippen molar-refractivity contribution in [1.29, 1.82) is 0 Å². The maximum Gasteiger partial charge on any atom is 0.142 e. The van der Waals surface area contributed by atoms with E-state index >= 15 is 0 Å². The number of hydrogen-bond donors (Lipinski definition) is 0. The van der Waals surface area contributed by atoms with Crippen LogP contribution in [0.4, 0.5) is 0 Å². The van der Waals surface area contributed by atoms with Crippen LogP contribution in [0.25, 0.3) is 22.3 Å². The molecule has 0 aliphatic heterocycles. The third-order valence-electron chi connectivity index (χ3n) is 5.66. The van der Waals surface area contributed by atoms with Crippen LogP contribution in [0.2, 0.25) is 5.02 Å². The van der Waals surface area contributed by atoms with Crippen molar-refractivity contribution in [2.24, 2.45) is 0 Å². The summed E-state index contributed by atoms with van der Waals surface area (Å²) in [5.41, 5.74) is 4.32. The lowest BCUT2D eigenvalue weighted by Gasteiger charge is -2.29. The molecule has 1 unspecified atom stereocenters. The van der Waals surface area contributed by atoms with Gasteiger partial charge in [-0.15, -0.1) is 0 Å². The van der Waals surface area contributed by atoms with Crippen LogP contribution >= 0.6 is 11.6 Å². The Bertz CT molecular complexity index is 1120. The first-order valence-corrected chi connectivity index (χ1v) is 9.32. The summed E-state index contributed by atoms with van der Waals surface area (Å²) in [7, 11) is 0. The summed E-state index contributed by atoms with van der Waals surface area (Å²) in [5.74, 6) is 2.82. The lowest BCUT2D eigenvalue weighted by atomic mass is 9.73. The average molecular weight is 363 g/mol. The Hall–Kier alpha value is -2.45. The van der Waals surface area contributed by atoms with E-state index in [-0.39, 0.29) is 5.41 Å². The van der Waals surface area contributed by atoms with E-state index in [0.717, 1.165) is 46.7 Å². The molecule has 0 bridgehead atoms. The molecule has 26 heavy (non-hydrogen) atoms. The van der Waals surface area contributed by atoms with Crippen LogP contribution < -0.4 is 0 Å². The van der Waals surface area contributed by atoms with E-state index in [1.807, 2.05) is 25.1 Å². The van der Waals surface area contributed by atoms with Crippen LogP contribution in [0.5, 0.6) is 0 Å². The first-order valence-electron chi connectivity index (χ1n) is 8.94. The van der Waals surface area contributed by atoms with Gasteiger partial charge in [0.1, 0.15) is 22.9 Å². The van der Waals surface area contributed by atoms with Gasteiger partial charge in [0.15, 0.2) is 0 Å². The van der Waals surface area contributed by atoms with E-state index in [9.17, 15) is 0 Å². The largest absolute Gasteiger partial charge is 0.461 e. The molecule has 2 heterocycles. The fourth-order valence-corrected chi connectivity index (χ4v) is 4.43. The second-order valence-corrected chi connectivity index (χ2v) is 7.78. The van der Waals surface area contributed by atoms with Crippen molar-refractivity contribution in [2.45, 2.75) is 32.1 Å². The molecule has 0 saturated carbocycles. The lowest BCUT2D eigenvalue weighted by Crippen LogP contribution is -2.23. The van der Waals surface area contributed by atoms with Crippen LogP contribution in [-0.2, 0) is 11.8 Å². The van der Waals surface area contributed by atoms with Crippen LogP contribution in [0.3, 0.4) is 0 Å². The Morgan fingerprint density at radius 1 is 1.00 bits per heavy atom. The van der Waals surface area contributed by atoms with Crippen LogP contribution in [-0.4, -0.2) is 0 Å². The van der Waals surface area contributed by atoms with Gasteiger partial charge in [0.05, 0.1) is 5.56 Å². The topological polar surface area (TPSA) is 26.3 Å². The highest BCUT2D eigenvalue weighted by molar-refractivity contribution is 6.31. The highest BCUT2D eigenvalue weighted by Crippen LogP contribution is 2.49. The minimum absolute atomic E-state index is 0.124. The van der Waals surface area contributed by atoms with Gasteiger partial charge < -0.3 is 8.83 Å². The molecule has 3 heteroatoms. The predicted octanol–water partition coefficient (Wildman–Crippen LogP) is 6.91. The second-order valence-electron chi connectivity index (χ2n) is 7.34. The molecule has 1 aliphatic rings. The first-order chi connectivity index (χ1) is 12.6. The Balaban J connectivity index is 1.83. The minimum Gasteiger partial charge on any atom is -0.461 e. The summed E-state index contributed by atoms with van der Waals surface area (Å²) >= 11 is 6.27. The quantitative estimate of drug-likeness (QED) is 0.368. The molecule has 1 aliphatic carbocycles. The maximum absolute atomic E-state index is 6.27. The third kappa shape index (κ3) is 2.18. The molecule has 2 aromatic heterocycles. The normalized spacial score (nSPS) is 19.2. The Morgan fingerprint density at radius 3 is 2.62 bits per heavy atom. The highest BCUT2D eigenvalue weighted by Gasteiger charge is 2.38. The smallest absolute Gasteiger partial charge is 0.142 e. The van der Waals surface area contributed by atoms with Crippen molar-refractivity contribution in [1.82, 2.24) is 0 Å². The van der Waals surface area contributed by atoms with Gasteiger partial charge in [-0.25, -0.2) is 0 Å². The van der Waals surface area contributed by atoms with Crippen molar-refractivity contribution in [3.05, 3.63) is 82.3 Å². The molecule has 0 saturated heterocycles. The summed E-state index contributed by atoms with van der Waals surface area (Å²) in [6, 6.07) is 18.6. The summed E-state index contributed by atoms with van der Waals surface area (Å²) in [6.07, 6.45) is 1.82. The molecule has 1 atom stereocenters. The van der Waals surface area contributed by atoms with Crippen molar-refractivity contribution >= 4 is 22.6 Å². The average Bonchev–Trinajstić information content (AvgIpc) is 3.17. The monoisotopic (exact) mass is 362 g/mol. The first kappa shape index (κ1) is 15.8. The van der Waals surface area contributed by atoms with Gasteiger partial charge in [-0.2, -0.15) is 0 Å². The standard InChI is InChI=1S/C23H19ClO2/c1-14-12-18-22(25-14)21-17-13-16(24)8-9-19(17)26-20(21)10-11-23(18,2)15-6-4-3-5-7-15/h3-9,12-13H,10-11H2,1-2H3. The third-order valence-corrected chi connectivity index (χ3v) is 5.90. The Morgan fingerprint density at radius 2 is 1.81 bits per heavy atom. The number of aryl methyl sites for hydroxylation is 2. The molecular formula is C23H19ClO2. The van der Waals surface area contributed by atoms with Gasteiger partial charge >= 0.3 is 0 Å². The summed E-state index contributed by atoms with van der Waals surface area (Å²) < 4.78 is 12.4. The van der Waals surface area contributed by atoms with Crippen LogP contribution in [0, 0.1) is 6.92 Å². The predicted molar refractivity (Wildman–Crippen MR) is 105 cm³/mol. The van der Waals surface area contributed by atoms with Crippen molar-refractivity contribution in [2.75, 3.05) is 0 Å². The van der Waals surface area contributed by atoms with E-state index in [4.69, 9.17) is 20.4 Å². The highest BCUT2D eigenvalue weighted by atomic mass is 35.5. The summed E-state index contributed by atoms with van der Waals surface area (Å²) in [6.45, 7) is 4.31. The molecule has 5 rings (SSSR count). The fourth-order valence-electron chi connectivity index (χ4n) is 4.26. The van der Waals surface area contributed by atoms with Crippen LogP contribution in [0.15, 0.2) is 63.4 Å². The number of furan rings is 2. The van der Waals surface area contributed by atoms with Gasteiger partial charge in [-0.05, 0) is 43.2 Å². The van der Waals surface area contributed by atoms with E-state index < -0.39 is 0 Å². The zero-order valence-corrected chi connectivity index (χ0v) is 15.6. The molecule has 0 spiro atoms. The SMILES string of the molecule is Cc1cc2c(o1)-c1c(oc3ccc(Cl)cc13)CCC2(C)c1ccccc1.